The maximum Gasteiger partial charge on any atom is 0.123 e. The van der Waals surface area contributed by atoms with Crippen LogP contribution in [-0.4, -0.2) is 19.4 Å². The third-order valence-electron chi connectivity index (χ3n) is 0.893. The Kier molecular flexibility index (Phi) is 7.29. The third kappa shape index (κ3) is 7.05. The van der Waals surface area contributed by atoms with Crippen molar-refractivity contribution >= 4 is 19.4 Å². The lowest BCUT2D eigenvalue weighted by Gasteiger charge is -1.85. The second-order valence-corrected chi connectivity index (χ2v) is 4.49. The number of nitrogens with zero attached hydrogens (tertiary/aromatic N) is 6. The van der Waals surface area contributed by atoms with E-state index in [2.05, 4.69) is 19.4 Å². The summed E-state index contributed by atoms with van der Waals surface area (Å²) in [6, 6.07) is 1.96. The lowest BCUT2D eigenvalue weighted by atomic mass is 11.0. The summed E-state index contributed by atoms with van der Waals surface area (Å²) in [5.74, 6) is 0. The maximum atomic E-state index is 7.89. The van der Waals surface area contributed by atoms with Gasteiger partial charge in [0.2, 0.25) is 0 Å². The minimum atomic E-state index is -0.557. The topological polar surface area (TPSA) is 97.5 Å². The van der Waals surface area contributed by atoms with E-state index in [1.165, 1.54) is 0 Å². The molecule has 8 heteroatoms. The number of azide groups is 2. The first-order valence-electron chi connectivity index (χ1n) is 2.93. The third-order valence-corrected chi connectivity index (χ3v) is 4.18. The number of hydrogen-bond acceptors (Lipinski definition) is 2. The van der Waals surface area contributed by atoms with E-state index in [-0.39, 0.29) is 0 Å². The van der Waals surface area contributed by atoms with Crippen LogP contribution in [0.5, 0.6) is 0 Å². The molecule has 0 radical (unpaired) electrons. The highest BCUT2D eigenvalue weighted by atomic mass is 28.2. The number of hydrogen-bond donors (Lipinski definition) is 0. The second-order valence-electron chi connectivity index (χ2n) is 1.62. The van der Waals surface area contributed by atoms with Crippen molar-refractivity contribution in [3.63, 3.8) is 0 Å². The van der Waals surface area contributed by atoms with Gasteiger partial charge in [0.25, 0.3) is 0 Å². The van der Waals surface area contributed by atoms with E-state index in [0.29, 0.717) is 0 Å². The van der Waals surface area contributed by atoms with Crippen LogP contribution in [0.2, 0.25) is 12.1 Å². The minimum absolute atomic E-state index is 0.557. The fraction of sp³-hybridized carbons (Fsp3) is 1.00. The van der Waals surface area contributed by atoms with Crippen molar-refractivity contribution in [1.82, 2.24) is 0 Å². The fourth-order valence-electron chi connectivity index (χ4n) is 0.454. The Balaban J connectivity index is 3.04. The zero-order chi connectivity index (χ0) is 7.66. The molecule has 54 valence electrons. The van der Waals surface area contributed by atoms with Crippen molar-refractivity contribution in [2.45, 2.75) is 12.1 Å². The average molecular weight is 172 g/mol. The van der Waals surface area contributed by atoms with Crippen LogP contribution in [0, 0.1) is 0 Å². The molecule has 0 bridgehead atoms. The molecule has 0 aromatic carbocycles. The average Bonchev–Trinajstić information content (AvgIpc) is 1.97. The molecule has 0 aliphatic heterocycles. The monoisotopic (exact) mass is 172 g/mol. The SMILES string of the molecule is [N-]=[N+]=N[SiH2]CC[SiH2]N=[N+]=[N-]. The van der Waals surface area contributed by atoms with Gasteiger partial charge >= 0.3 is 0 Å². The van der Waals surface area contributed by atoms with Crippen LogP contribution in [-0.2, 0) is 0 Å². The van der Waals surface area contributed by atoms with E-state index >= 15 is 0 Å². The molecule has 0 rings (SSSR count). The highest BCUT2D eigenvalue weighted by Crippen LogP contribution is 1.89. The summed E-state index contributed by atoms with van der Waals surface area (Å²) in [5.41, 5.74) is 15.8. The van der Waals surface area contributed by atoms with Gasteiger partial charge in [-0.25, -0.2) is 0 Å². The van der Waals surface area contributed by atoms with Crippen LogP contribution in [0.15, 0.2) is 9.56 Å². The summed E-state index contributed by atoms with van der Waals surface area (Å²) < 4.78 is 6.95. The van der Waals surface area contributed by atoms with E-state index in [1.54, 1.807) is 0 Å². The van der Waals surface area contributed by atoms with E-state index in [9.17, 15) is 0 Å². The molecule has 0 atom stereocenters. The smallest absolute Gasteiger partial charge is 0.123 e. The lowest BCUT2D eigenvalue weighted by Crippen LogP contribution is -1.86. The van der Waals surface area contributed by atoms with Crippen LogP contribution in [0.4, 0.5) is 0 Å². The van der Waals surface area contributed by atoms with E-state index < -0.39 is 19.4 Å². The van der Waals surface area contributed by atoms with Gasteiger partial charge in [0, 0.05) is 0 Å². The Bertz CT molecular complexity index is 147. The van der Waals surface area contributed by atoms with E-state index in [0.717, 1.165) is 12.1 Å². The summed E-state index contributed by atoms with van der Waals surface area (Å²) in [6.45, 7) is 0. The highest BCUT2D eigenvalue weighted by molar-refractivity contribution is 6.39. The molecule has 0 N–H and O–H groups in total. The largest absolute Gasteiger partial charge is 0.132 e. The first-order chi connectivity index (χ1) is 4.91. The van der Waals surface area contributed by atoms with Crippen molar-refractivity contribution in [3.05, 3.63) is 20.9 Å². The molecule has 6 nitrogen and oxygen atoms in total. The first-order valence-corrected chi connectivity index (χ1v) is 6.20. The van der Waals surface area contributed by atoms with Gasteiger partial charge in [-0.15, -0.1) is 9.56 Å². The van der Waals surface area contributed by atoms with Crippen molar-refractivity contribution in [1.29, 1.82) is 0 Å². The molecule has 0 aromatic rings. The Morgan fingerprint density at radius 1 is 1.00 bits per heavy atom. The van der Waals surface area contributed by atoms with Gasteiger partial charge in [0.1, 0.15) is 19.4 Å². The predicted molar refractivity (Wildman–Crippen MR) is 45.0 cm³/mol. The zero-order valence-electron chi connectivity index (χ0n) is 5.51. The standard InChI is InChI=1S/C2H8N6Si2/c3-5-7-9-1-2-10-8-6-4/h1-2,9-10H2. The maximum absolute atomic E-state index is 7.89. The summed E-state index contributed by atoms with van der Waals surface area (Å²) in [7, 11) is -1.11. The van der Waals surface area contributed by atoms with Gasteiger partial charge in [-0.05, 0) is 20.9 Å². The Morgan fingerprint density at radius 3 is 1.70 bits per heavy atom. The summed E-state index contributed by atoms with van der Waals surface area (Å²) in [4.78, 5) is 5.30. The van der Waals surface area contributed by atoms with Gasteiger partial charge in [0.05, 0.1) is 0 Å². The van der Waals surface area contributed by atoms with Crippen LogP contribution in [0.25, 0.3) is 20.9 Å². The summed E-state index contributed by atoms with van der Waals surface area (Å²) in [6.07, 6.45) is 0. The molecule has 0 unspecified atom stereocenters. The van der Waals surface area contributed by atoms with Crippen LogP contribution in [0.1, 0.15) is 0 Å². The molecule has 0 saturated carbocycles. The normalized spacial score (nSPS) is 10.0. The van der Waals surface area contributed by atoms with E-state index in [4.69, 9.17) is 11.1 Å². The van der Waals surface area contributed by atoms with Gasteiger partial charge < -0.3 is 0 Å². The van der Waals surface area contributed by atoms with Gasteiger partial charge in [0.15, 0.2) is 0 Å². The van der Waals surface area contributed by atoms with Gasteiger partial charge in [-0.2, -0.15) is 0 Å². The predicted octanol–water partition coefficient (Wildman–Crippen LogP) is 0.611. The molecule has 0 spiro atoms. The van der Waals surface area contributed by atoms with Crippen molar-refractivity contribution in [2.24, 2.45) is 9.56 Å². The quantitative estimate of drug-likeness (QED) is 0.191. The van der Waals surface area contributed by atoms with Crippen molar-refractivity contribution in [3.8, 4) is 0 Å². The van der Waals surface area contributed by atoms with Crippen molar-refractivity contribution < 1.29 is 0 Å². The lowest BCUT2D eigenvalue weighted by molar-refractivity contribution is 1.37. The molecular weight excluding hydrogens is 164 g/mol. The van der Waals surface area contributed by atoms with E-state index in [1.807, 2.05) is 0 Å². The van der Waals surface area contributed by atoms with Crippen LogP contribution < -0.4 is 0 Å². The second kappa shape index (κ2) is 8.05. The molecular formula is C2H8N6Si2. The Hall–Kier alpha value is -0.946. The minimum Gasteiger partial charge on any atom is -0.132 e. The molecule has 0 aromatic heterocycles. The molecule has 0 heterocycles. The van der Waals surface area contributed by atoms with Gasteiger partial charge in [-0.3, -0.25) is 0 Å². The zero-order valence-corrected chi connectivity index (χ0v) is 8.34. The van der Waals surface area contributed by atoms with Crippen molar-refractivity contribution in [2.75, 3.05) is 0 Å². The molecule has 0 aliphatic carbocycles. The van der Waals surface area contributed by atoms with Gasteiger partial charge in [-0.1, -0.05) is 12.1 Å². The molecule has 0 saturated heterocycles. The first kappa shape index (κ1) is 9.05. The molecule has 0 aliphatic rings. The summed E-state index contributed by atoms with van der Waals surface area (Å²) in [5, 5.41) is 0. The molecule has 10 heavy (non-hydrogen) atoms. The highest BCUT2D eigenvalue weighted by Gasteiger charge is 1.84. The summed E-state index contributed by atoms with van der Waals surface area (Å²) >= 11 is 0. The molecule has 0 amide bonds. The Labute approximate surface area is 62.7 Å². The van der Waals surface area contributed by atoms with Crippen LogP contribution in [0.3, 0.4) is 0 Å². The fourth-order valence-corrected chi connectivity index (χ4v) is 2.71. The Morgan fingerprint density at radius 2 is 1.40 bits per heavy atom. The molecule has 0 fully saturated rings. The number of rotatable bonds is 5. The van der Waals surface area contributed by atoms with Crippen LogP contribution >= 0.6 is 0 Å².